The molecule has 1 aromatic carbocycles. The van der Waals surface area contributed by atoms with E-state index in [-0.39, 0.29) is 6.04 Å². The number of nitrogens with one attached hydrogen (secondary N) is 1. The van der Waals surface area contributed by atoms with Crippen molar-refractivity contribution in [3.8, 4) is 11.1 Å². The summed E-state index contributed by atoms with van der Waals surface area (Å²) in [6, 6.07) is 8.42. The number of benzene rings is 1. The van der Waals surface area contributed by atoms with Gasteiger partial charge < -0.3 is 19.7 Å². The number of aromatic nitrogens is 2. The van der Waals surface area contributed by atoms with Gasteiger partial charge in [-0.2, -0.15) is 0 Å². The van der Waals surface area contributed by atoms with Crippen LogP contribution in [0.4, 0.5) is 4.79 Å². The smallest absolute Gasteiger partial charge is 0.407 e. The number of H-pyrrole nitrogens is 1. The van der Waals surface area contributed by atoms with Crippen molar-refractivity contribution in [2.24, 2.45) is 0 Å². The molecule has 1 saturated heterocycles. The number of carboxylic acid groups (broad SMARTS) is 1. The van der Waals surface area contributed by atoms with E-state index in [1.165, 1.54) is 11.1 Å². The van der Waals surface area contributed by atoms with Crippen LogP contribution < -0.4 is 0 Å². The van der Waals surface area contributed by atoms with Gasteiger partial charge in [0.1, 0.15) is 5.65 Å². The average Bonchev–Trinajstić information content (AvgIpc) is 3.35. The van der Waals surface area contributed by atoms with Gasteiger partial charge >= 0.3 is 6.09 Å². The number of ether oxygens (including phenoxy) is 1. The number of aromatic amines is 1. The summed E-state index contributed by atoms with van der Waals surface area (Å²) >= 11 is 0. The van der Waals surface area contributed by atoms with Crippen LogP contribution in [-0.4, -0.2) is 39.2 Å². The molecule has 27 heavy (non-hydrogen) atoms. The molecule has 0 bridgehead atoms. The minimum atomic E-state index is -0.844. The van der Waals surface area contributed by atoms with Crippen molar-refractivity contribution >= 4 is 17.1 Å². The zero-order chi connectivity index (χ0) is 18.4. The molecule has 0 aliphatic carbocycles. The van der Waals surface area contributed by atoms with Gasteiger partial charge in [0.25, 0.3) is 0 Å². The Kier molecular flexibility index (Phi) is 3.86. The summed E-state index contributed by atoms with van der Waals surface area (Å²) in [5.74, 6) is 0. The van der Waals surface area contributed by atoms with Crippen molar-refractivity contribution in [2.75, 3.05) is 13.2 Å². The van der Waals surface area contributed by atoms with Crippen molar-refractivity contribution in [1.29, 1.82) is 0 Å². The second-order valence-electron chi connectivity index (χ2n) is 7.28. The molecule has 2 aliphatic rings. The first-order valence-electron chi connectivity index (χ1n) is 9.37. The molecule has 138 valence electrons. The van der Waals surface area contributed by atoms with Crippen molar-refractivity contribution in [2.45, 2.75) is 31.9 Å². The topological polar surface area (TPSA) is 78.5 Å². The molecule has 2 aliphatic heterocycles. The van der Waals surface area contributed by atoms with Gasteiger partial charge in [-0.05, 0) is 59.7 Å². The lowest BCUT2D eigenvalue weighted by atomic mass is 9.88. The van der Waals surface area contributed by atoms with Gasteiger partial charge in [-0.1, -0.05) is 6.07 Å². The van der Waals surface area contributed by atoms with E-state index in [2.05, 4.69) is 28.2 Å². The number of hydrogen-bond acceptors (Lipinski definition) is 3. The predicted molar refractivity (Wildman–Crippen MR) is 102 cm³/mol. The van der Waals surface area contributed by atoms with Crippen LogP contribution in [0.3, 0.4) is 0 Å². The average molecular weight is 363 g/mol. The summed E-state index contributed by atoms with van der Waals surface area (Å²) in [4.78, 5) is 20.9. The molecule has 1 fully saturated rings. The van der Waals surface area contributed by atoms with E-state index in [0.29, 0.717) is 19.8 Å². The molecule has 5 rings (SSSR count). The van der Waals surface area contributed by atoms with Crippen molar-refractivity contribution in [3.05, 3.63) is 53.3 Å². The maximum atomic E-state index is 11.7. The monoisotopic (exact) mass is 363 g/mol. The van der Waals surface area contributed by atoms with E-state index in [1.54, 1.807) is 4.90 Å². The predicted octanol–water partition coefficient (Wildman–Crippen LogP) is 4.12. The van der Waals surface area contributed by atoms with Crippen molar-refractivity contribution in [3.63, 3.8) is 0 Å². The molecule has 2 N–H and O–H groups in total. The SMILES string of the molecule is O=C(O)N1CCCC1c1cc(-c2cnc3[nH]ccc3c2)cc2c1COCC2. The summed E-state index contributed by atoms with van der Waals surface area (Å²) in [6.45, 7) is 1.86. The van der Waals surface area contributed by atoms with E-state index < -0.39 is 6.09 Å². The van der Waals surface area contributed by atoms with E-state index >= 15 is 0 Å². The lowest BCUT2D eigenvalue weighted by molar-refractivity contribution is 0.107. The van der Waals surface area contributed by atoms with Gasteiger partial charge in [0.15, 0.2) is 0 Å². The van der Waals surface area contributed by atoms with Crippen molar-refractivity contribution in [1.82, 2.24) is 14.9 Å². The van der Waals surface area contributed by atoms with Crippen LogP contribution in [0, 0.1) is 0 Å². The molecule has 1 unspecified atom stereocenters. The Morgan fingerprint density at radius 1 is 1.30 bits per heavy atom. The zero-order valence-electron chi connectivity index (χ0n) is 14.9. The number of fused-ring (bicyclic) bond motifs is 2. The molecule has 0 spiro atoms. The highest BCUT2D eigenvalue weighted by molar-refractivity contribution is 5.81. The van der Waals surface area contributed by atoms with Crippen LogP contribution in [0.2, 0.25) is 0 Å². The Morgan fingerprint density at radius 2 is 2.22 bits per heavy atom. The number of nitrogens with zero attached hydrogens (tertiary/aromatic N) is 2. The number of likely N-dealkylation sites (tertiary alicyclic amines) is 1. The van der Waals surface area contributed by atoms with Crippen LogP contribution >= 0.6 is 0 Å². The maximum Gasteiger partial charge on any atom is 0.407 e. The van der Waals surface area contributed by atoms with E-state index in [1.807, 2.05) is 18.5 Å². The molecular formula is C21H21N3O3. The van der Waals surface area contributed by atoms with Gasteiger partial charge in [-0.25, -0.2) is 9.78 Å². The molecule has 6 nitrogen and oxygen atoms in total. The lowest BCUT2D eigenvalue weighted by Gasteiger charge is -2.28. The van der Waals surface area contributed by atoms with Gasteiger partial charge in [0, 0.05) is 29.9 Å². The lowest BCUT2D eigenvalue weighted by Crippen LogP contribution is -2.30. The molecule has 1 amide bonds. The summed E-state index contributed by atoms with van der Waals surface area (Å²) in [7, 11) is 0. The van der Waals surface area contributed by atoms with Crippen molar-refractivity contribution < 1.29 is 14.6 Å². The minimum Gasteiger partial charge on any atom is -0.465 e. The number of carbonyl (C=O) groups is 1. The second-order valence-corrected chi connectivity index (χ2v) is 7.28. The van der Waals surface area contributed by atoms with Crippen LogP contribution in [0.1, 0.15) is 35.6 Å². The highest BCUT2D eigenvalue weighted by atomic mass is 16.5. The Morgan fingerprint density at radius 3 is 3.11 bits per heavy atom. The normalized spacial score (nSPS) is 19.4. The van der Waals surface area contributed by atoms with Gasteiger partial charge in [-0.15, -0.1) is 0 Å². The summed E-state index contributed by atoms with van der Waals surface area (Å²) in [6.07, 6.45) is 5.54. The Labute approximate surface area is 156 Å². The second kappa shape index (κ2) is 6.39. The molecule has 4 heterocycles. The standard InChI is InChI=1S/C21H21N3O3/c25-21(26)24-6-1-2-19(24)17-10-15(8-13-4-7-27-12-18(13)17)16-9-14-3-5-22-20(14)23-11-16/h3,5,8-11,19H,1-2,4,6-7,12H2,(H,22,23)(H,25,26). The third-order valence-corrected chi connectivity index (χ3v) is 5.73. The van der Waals surface area contributed by atoms with Gasteiger partial charge in [0.05, 0.1) is 19.3 Å². The highest BCUT2D eigenvalue weighted by Crippen LogP contribution is 2.39. The molecule has 0 saturated carbocycles. The van der Waals surface area contributed by atoms with Crippen LogP contribution in [0.25, 0.3) is 22.2 Å². The zero-order valence-corrected chi connectivity index (χ0v) is 14.9. The summed E-state index contributed by atoms with van der Waals surface area (Å²) in [5, 5.41) is 10.7. The maximum absolute atomic E-state index is 11.7. The van der Waals surface area contributed by atoms with E-state index in [4.69, 9.17) is 4.74 Å². The van der Waals surface area contributed by atoms with E-state index in [9.17, 15) is 9.90 Å². The third kappa shape index (κ3) is 2.77. The van der Waals surface area contributed by atoms with Crippen LogP contribution in [0.15, 0.2) is 36.7 Å². The molecule has 0 radical (unpaired) electrons. The Balaban J connectivity index is 1.65. The van der Waals surface area contributed by atoms with Crippen LogP contribution in [0.5, 0.6) is 0 Å². The number of hydrogen-bond donors (Lipinski definition) is 2. The quantitative estimate of drug-likeness (QED) is 0.718. The minimum absolute atomic E-state index is 0.0955. The fraction of sp³-hybridized carbons (Fsp3) is 0.333. The first-order valence-corrected chi connectivity index (χ1v) is 9.37. The number of pyridine rings is 1. The summed E-state index contributed by atoms with van der Waals surface area (Å²) < 4.78 is 5.70. The fourth-order valence-electron chi connectivity index (χ4n) is 4.39. The van der Waals surface area contributed by atoms with E-state index in [0.717, 1.165) is 47.0 Å². The largest absolute Gasteiger partial charge is 0.465 e. The Bertz CT molecular complexity index is 1030. The van der Waals surface area contributed by atoms with Crippen LogP contribution in [-0.2, 0) is 17.8 Å². The molecule has 6 heteroatoms. The fourth-order valence-corrected chi connectivity index (χ4v) is 4.39. The first kappa shape index (κ1) is 16.3. The van der Waals surface area contributed by atoms with Gasteiger partial charge in [-0.3, -0.25) is 0 Å². The number of amides is 1. The summed E-state index contributed by atoms with van der Waals surface area (Å²) in [5.41, 5.74) is 6.55. The number of rotatable bonds is 2. The Hall–Kier alpha value is -2.86. The van der Waals surface area contributed by atoms with Gasteiger partial charge in [0.2, 0.25) is 0 Å². The first-order chi connectivity index (χ1) is 13.2. The highest BCUT2D eigenvalue weighted by Gasteiger charge is 2.32. The molecule has 1 atom stereocenters. The third-order valence-electron chi connectivity index (χ3n) is 5.73. The molecule has 2 aromatic heterocycles. The molecule has 3 aromatic rings. The molecular weight excluding hydrogens is 342 g/mol.